The summed E-state index contributed by atoms with van der Waals surface area (Å²) >= 11 is 0. The number of allylic oxidation sites excluding steroid dienone is 8. The number of phosphoric acid groups is 1. The Morgan fingerprint density at radius 2 is 0.920 bits per heavy atom. The van der Waals surface area contributed by atoms with Crippen LogP contribution in [0.25, 0.3) is 0 Å². The molecule has 9 heteroatoms. The average Bonchev–Trinajstić information content (AvgIpc) is 3.08. The summed E-state index contributed by atoms with van der Waals surface area (Å²) in [5.41, 5.74) is 0. The quantitative estimate of drug-likeness (QED) is 0.0271. The number of phosphoric ester groups is 1. The summed E-state index contributed by atoms with van der Waals surface area (Å²) in [7, 11) is -5.27. The fraction of sp³-hybridized carbons (Fsp3) is 0.756. The Labute approximate surface area is 305 Å². The van der Waals surface area contributed by atoms with Crippen LogP contribution >= 0.6 is 7.82 Å². The molecule has 0 saturated carbocycles. The third kappa shape index (κ3) is 38.8. The second-order valence-corrected chi connectivity index (χ2v) is 14.4. The summed E-state index contributed by atoms with van der Waals surface area (Å²) in [6.45, 7) is 3.42. The van der Waals surface area contributed by atoms with Gasteiger partial charge in [0.15, 0.2) is 6.10 Å². The van der Waals surface area contributed by atoms with E-state index in [9.17, 15) is 23.9 Å². The maximum atomic E-state index is 12.3. The zero-order valence-corrected chi connectivity index (χ0v) is 32.6. The molecule has 0 rings (SSSR count). The Morgan fingerprint density at radius 1 is 0.520 bits per heavy atom. The highest BCUT2D eigenvalue weighted by Crippen LogP contribution is 2.25. The Bertz CT molecular complexity index is 952. The summed E-state index contributed by atoms with van der Waals surface area (Å²) in [4.78, 5) is 46.5. The fourth-order valence-electron chi connectivity index (χ4n) is 5.36. The van der Waals surface area contributed by atoms with Crippen LogP contribution in [0, 0.1) is 0 Å². The van der Waals surface area contributed by atoms with E-state index in [0.717, 1.165) is 44.9 Å². The first-order chi connectivity index (χ1) is 24.3. The molecule has 0 aromatic carbocycles. The number of carbonyl (C=O) groups is 2. The van der Waals surface area contributed by atoms with E-state index in [1.54, 1.807) is 0 Å². The second-order valence-electron chi connectivity index (χ2n) is 13.2. The molecule has 0 aromatic heterocycles. The number of carbonyl (C=O) groups excluding carboxylic acids is 2. The maximum Gasteiger partial charge on any atom is 0.306 e. The van der Waals surface area contributed by atoms with Gasteiger partial charge in [-0.15, -0.1) is 0 Å². The summed E-state index contributed by atoms with van der Waals surface area (Å²) in [6.07, 6.45) is 43.6. The summed E-state index contributed by atoms with van der Waals surface area (Å²) < 4.78 is 25.7. The molecule has 0 bridgehead atoms. The van der Waals surface area contributed by atoms with Crippen LogP contribution in [0.2, 0.25) is 0 Å². The van der Waals surface area contributed by atoms with Gasteiger partial charge in [0.25, 0.3) is 0 Å². The standard InChI is InChI=1S/C41H73O8P/c1-3-5-7-9-11-13-15-17-19-20-22-24-26-28-30-32-34-36-41(43)49-39(38-48-50(44,45)46)37-47-40(42)35-33-31-29-27-25-23-21-18-16-14-12-10-8-6-4-2/h11,13,17,19,22,24,28,30,39H,3-10,12,14-16,18,20-21,23,25-27,29,31-38H2,1-2H3,(H2,44,45,46)/p-2/b13-11-,19-17-,24-22-,30-28-. The fourth-order valence-corrected chi connectivity index (χ4v) is 5.71. The van der Waals surface area contributed by atoms with Crippen LogP contribution in [0.15, 0.2) is 48.6 Å². The number of rotatable bonds is 36. The lowest BCUT2D eigenvalue weighted by Gasteiger charge is -2.30. The molecule has 0 saturated heterocycles. The van der Waals surface area contributed by atoms with Crippen molar-refractivity contribution in [3.05, 3.63) is 48.6 Å². The molecule has 0 heterocycles. The van der Waals surface area contributed by atoms with E-state index < -0.39 is 32.5 Å². The first-order valence-electron chi connectivity index (χ1n) is 19.9. The molecule has 0 aliphatic rings. The largest absolute Gasteiger partial charge is 0.790 e. The third-order valence-electron chi connectivity index (χ3n) is 8.34. The summed E-state index contributed by atoms with van der Waals surface area (Å²) in [6, 6.07) is 0. The van der Waals surface area contributed by atoms with Crippen LogP contribution in [0.1, 0.15) is 181 Å². The first kappa shape index (κ1) is 48.0. The average molecular weight is 723 g/mol. The maximum absolute atomic E-state index is 12.3. The summed E-state index contributed by atoms with van der Waals surface area (Å²) in [5.74, 6) is -1.02. The van der Waals surface area contributed by atoms with Gasteiger partial charge in [0.2, 0.25) is 0 Å². The predicted octanol–water partition coefficient (Wildman–Crippen LogP) is 10.7. The highest BCUT2D eigenvalue weighted by molar-refractivity contribution is 7.43. The van der Waals surface area contributed by atoms with Gasteiger partial charge in [-0.25, -0.2) is 0 Å². The van der Waals surface area contributed by atoms with E-state index in [1.807, 2.05) is 12.2 Å². The topological polar surface area (TPSA) is 125 Å². The number of ether oxygens (including phenoxy) is 2. The molecule has 1 unspecified atom stereocenters. The molecule has 8 nitrogen and oxygen atoms in total. The second kappa shape index (κ2) is 36.8. The van der Waals surface area contributed by atoms with Crippen LogP contribution in [-0.2, 0) is 28.2 Å². The molecular formula is C41H71O8P-2. The molecular weight excluding hydrogens is 651 g/mol. The van der Waals surface area contributed by atoms with Crippen LogP contribution in [-0.4, -0.2) is 31.3 Å². The molecule has 0 spiro atoms. The van der Waals surface area contributed by atoms with E-state index >= 15 is 0 Å². The Morgan fingerprint density at radius 3 is 1.40 bits per heavy atom. The molecule has 0 aromatic rings. The van der Waals surface area contributed by atoms with Gasteiger partial charge in [0.1, 0.15) is 6.61 Å². The molecule has 50 heavy (non-hydrogen) atoms. The SMILES string of the molecule is CCCCC/C=C\C/C=C\C/C=C\C/C=C\CCCC(=O)OC(COC(=O)CCCCCCCCCCCCCCCCC)COP(=O)([O-])[O-]. The Balaban J connectivity index is 4.04. The lowest BCUT2D eigenvalue weighted by Crippen LogP contribution is -2.31. The lowest BCUT2D eigenvalue weighted by atomic mass is 10.0. The van der Waals surface area contributed by atoms with Crippen molar-refractivity contribution in [2.75, 3.05) is 13.2 Å². The number of hydrogen-bond acceptors (Lipinski definition) is 8. The van der Waals surface area contributed by atoms with Crippen molar-refractivity contribution < 1.29 is 37.9 Å². The normalized spacial score (nSPS) is 13.0. The number of unbranched alkanes of at least 4 members (excludes halogenated alkanes) is 18. The van der Waals surface area contributed by atoms with Gasteiger partial charge in [-0.2, -0.15) is 0 Å². The molecule has 1 atom stereocenters. The molecule has 0 amide bonds. The Kier molecular flexibility index (Phi) is 35.3. The highest BCUT2D eigenvalue weighted by Gasteiger charge is 2.18. The van der Waals surface area contributed by atoms with Crippen LogP contribution in [0.3, 0.4) is 0 Å². The van der Waals surface area contributed by atoms with Gasteiger partial charge < -0.3 is 28.3 Å². The van der Waals surface area contributed by atoms with E-state index in [1.165, 1.54) is 89.9 Å². The number of hydrogen-bond donors (Lipinski definition) is 0. The highest BCUT2D eigenvalue weighted by atomic mass is 31.2. The number of esters is 2. The van der Waals surface area contributed by atoms with Gasteiger partial charge in [0, 0.05) is 12.8 Å². The van der Waals surface area contributed by atoms with Gasteiger partial charge in [-0.3, -0.25) is 9.59 Å². The predicted molar refractivity (Wildman–Crippen MR) is 202 cm³/mol. The van der Waals surface area contributed by atoms with Crippen molar-refractivity contribution in [3.8, 4) is 0 Å². The van der Waals surface area contributed by atoms with Crippen molar-refractivity contribution >= 4 is 19.8 Å². The molecule has 0 fully saturated rings. The molecule has 290 valence electrons. The zero-order chi connectivity index (χ0) is 36.8. The third-order valence-corrected chi connectivity index (χ3v) is 8.81. The molecule has 0 radical (unpaired) electrons. The first-order valence-corrected chi connectivity index (χ1v) is 21.4. The van der Waals surface area contributed by atoms with E-state index in [0.29, 0.717) is 19.3 Å². The minimum atomic E-state index is -5.27. The van der Waals surface area contributed by atoms with Crippen molar-refractivity contribution in [3.63, 3.8) is 0 Å². The lowest BCUT2D eigenvalue weighted by molar-refractivity contribution is -0.343. The zero-order valence-electron chi connectivity index (χ0n) is 31.7. The van der Waals surface area contributed by atoms with Crippen molar-refractivity contribution in [1.29, 1.82) is 0 Å². The minimum Gasteiger partial charge on any atom is -0.790 e. The van der Waals surface area contributed by atoms with Crippen molar-refractivity contribution in [2.45, 2.75) is 187 Å². The van der Waals surface area contributed by atoms with Crippen LogP contribution in [0.4, 0.5) is 0 Å². The van der Waals surface area contributed by atoms with E-state index in [4.69, 9.17) is 9.47 Å². The van der Waals surface area contributed by atoms with Crippen LogP contribution < -0.4 is 9.79 Å². The molecule has 0 aliphatic heterocycles. The van der Waals surface area contributed by atoms with E-state index in [2.05, 4.69) is 54.8 Å². The monoisotopic (exact) mass is 722 g/mol. The van der Waals surface area contributed by atoms with Gasteiger partial charge in [0.05, 0.1) is 14.4 Å². The van der Waals surface area contributed by atoms with E-state index in [-0.39, 0.29) is 19.4 Å². The van der Waals surface area contributed by atoms with Crippen molar-refractivity contribution in [2.24, 2.45) is 0 Å². The minimum absolute atomic E-state index is 0.105. The summed E-state index contributed by atoms with van der Waals surface area (Å²) in [5, 5.41) is 0. The molecule has 0 aliphatic carbocycles. The van der Waals surface area contributed by atoms with Crippen LogP contribution in [0.5, 0.6) is 0 Å². The van der Waals surface area contributed by atoms with Gasteiger partial charge >= 0.3 is 11.9 Å². The van der Waals surface area contributed by atoms with Crippen molar-refractivity contribution in [1.82, 2.24) is 0 Å². The van der Waals surface area contributed by atoms with Gasteiger partial charge in [-0.05, 0) is 51.4 Å². The van der Waals surface area contributed by atoms with Gasteiger partial charge in [-0.1, -0.05) is 165 Å². The Hall–Kier alpha value is -1.99. The molecule has 0 N–H and O–H groups in total. The smallest absolute Gasteiger partial charge is 0.306 e.